The van der Waals surface area contributed by atoms with Crippen LogP contribution in [0.15, 0.2) is 28.7 Å². The summed E-state index contributed by atoms with van der Waals surface area (Å²) in [6, 6.07) is 7.12. The maximum Gasteiger partial charge on any atom is 0.337 e. The molecule has 0 bridgehead atoms. The van der Waals surface area contributed by atoms with Crippen LogP contribution >= 0.6 is 15.9 Å². The van der Waals surface area contributed by atoms with Crippen molar-refractivity contribution >= 4 is 33.5 Å². The van der Waals surface area contributed by atoms with Gasteiger partial charge in [-0.05, 0) is 31.2 Å². The fourth-order valence-electron chi connectivity index (χ4n) is 1.72. The van der Waals surface area contributed by atoms with Crippen molar-refractivity contribution in [2.45, 2.75) is 12.5 Å². The molecule has 18 heavy (non-hydrogen) atoms. The molecule has 0 aromatic heterocycles. The SMILES string of the molecule is CC1(C(=O)O)CN(c2ccc(Br)cc2)C(=O)CO1. The lowest BCUT2D eigenvalue weighted by atomic mass is 10.0. The van der Waals surface area contributed by atoms with Crippen LogP contribution in [0.2, 0.25) is 0 Å². The summed E-state index contributed by atoms with van der Waals surface area (Å²) in [6.07, 6.45) is 0. The normalized spacial score (nSPS) is 24.1. The summed E-state index contributed by atoms with van der Waals surface area (Å²) in [6.45, 7) is 1.25. The molecule has 1 unspecified atom stereocenters. The third kappa shape index (κ3) is 2.39. The van der Waals surface area contributed by atoms with E-state index >= 15 is 0 Å². The van der Waals surface area contributed by atoms with E-state index < -0.39 is 11.6 Å². The van der Waals surface area contributed by atoms with Gasteiger partial charge in [0.2, 0.25) is 0 Å². The maximum absolute atomic E-state index is 11.8. The number of ether oxygens (including phenoxy) is 1. The molecule has 96 valence electrons. The molecule has 1 heterocycles. The molecule has 1 amide bonds. The Morgan fingerprint density at radius 2 is 2.06 bits per heavy atom. The van der Waals surface area contributed by atoms with Crippen LogP contribution in [0.25, 0.3) is 0 Å². The molecule has 5 nitrogen and oxygen atoms in total. The molecule has 1 fully saturated rings. The molecular formula is C12H12BrNO4. The first-order chi connectivity index (χ1) is 8.42. The number of halogens is 1. The van der Waals surface area contributed by atoms with Crippen molar-refractivity contribution in [1.82, 2.24) is 0 Å². The van der Waals surface area contributed by atoms with Crippen molar-refractivity contribution in [2.24, 2.45) is 0 Å². The predicted octanol–water partition coefficient (Wildman–Crippen LogP) is 1.66. The fraction of sp³-hybridized carbons (Fsp3) is 0.333. The summed E-state index contributed by atoms with van der Waals surface area (Å²) in [5, 5.41) is 9.12. The van der Waals surface area contributed by atoms with Crippen LogP contribution in [0.4, 0.5) is 5.69 Å². The Labute approximate surface area is 112 Å². The van der Waals surface area contributed by atoms with Crippen molar-refractivity contribution in [2.75, 3.05) is 18.1 Å². The Morgan fingerprint density at radius 3 is 2.61 bits per heavy atom. The van der Waals surface area contributed by atoms with Gasteiger partial charge in [0, 0.05) is 10.2 Å². The molecule has 1 aromatic rings. The monoisotopic (exact) mass is 313 g/mol. The zero-order chi connectivity index (χ0) is 13.3. The lowest BCUT2D eigenvalue weighted by molar-refractivity contribution is -0.168. The molecular weight excluding hydrogens is 302 g/mol. The summed E-state index contributed by atoms with van der Waals surface area (Å²) < 4.78 is 6.01. The van der Waals surface area contributed by atoms with Gasteiger partial charge in [-0.15, -0.1) is 0 Å². The van der Waals surface area contributed by atoms with Crippen molar-refractivity contribution in [3.63, 3.8) is 0 Å². The van der Waals surface area contributed by atoms with E-state index in [2.05, 4.69) is 15.9 Å². The summed E-state index contributed by atoms with van der Waals surface area (Å²) >= 11 is 3.31. The number of anilines is 1. The molecule has 2 rings (SSSR count). The van der Waals surface area contributed by atoms with E-state index in [0.29, 0.717) is 5.69 Å². The highest BCUT2D eigenvalue weighted by atomic mass is 79.9. The molecule has 6 heteroatoms. The number of rotatable bonds is 2. The number of nitrogens with zero attached hydrogens (tertiary/aromatic N) is 1. The van der Waals surface area contributed by atoms with Gasteiger partial charge in [0.15, 0.2) is 5.60 Å². The molecule has 1 aliphatic rings. The van der Waals surface area contributed by atoms with Crippen LogP contribution in [0.3, 0.4) is 0 Å². The lowest BCUT2D eigenvalue weighted by Crippen LogP contribution is -2.57. The van der Waals surface area contributed by atoms with E-state index in [9.17, 15) is 9.59 Å². The minimum Gasteiger partial charge on any atom is -0.479 e. The number of hydrogen-bond donors (Lipinski definition) is 1. The molecule has 1 saturated heterocycles. The van der Waals surface area contributed by atoms with E-state index in [4.69, 9.17) is 9.84 Å². The van der Waals surface area contributed by atoms with E-state index in [1.807, 2.05) is 0 Å². The van der Waals surface area contributed by atoms with Crippen molar-refractivity contribution < 1.29 is 19.4 Å². The number of carbonyl (C=O) groups excluding carboxylic acids is 1. The second-order valence-corrected chi connectivity index (χ2v) is 5.20. The first kappa shape index (κ1) is 13.0. The Hall–Kier alpha value is -1.40. The molecule has 1 N–H and O–H groups in total. The van der Waals surface area contributed by atoms with E-state index in [0.717, 1.165) is 4.47 Å². The van der Waals surface area contributed by atoms with Gasteiger partial charge in [-0.1, -0.05) is 15.9 Å². The number of carboxylic acids is 1. The fourth-order valence-corrected chi connectivity index (χ4v) is 1.98. The van der Waals surface area contributed by atoms with Crippen LogP contribution < -0.4 is 4.90 Å². The van der Waals surface area contributed by atoms with Gasteiger partial charge in [-0.3, -0.25) is 4.79 Å². The average Bonchev–Trinajstić information content (AvgIpc) is 2.33. The second kappa shape index (κ2) is 4.70. The molecule has 0 radical (unpaired) electrons. The third-order valence-corrected chi connectivity index (χ3v) is 3.39. The van der Waals surface area contributed by atoms with Crippen molar-refractivity contribution in [3.8, 4) is 0 Å². The van der Waals surface area contributed by atoms with Gasteiger partial charge in [0.25, 0.3) is 5.91 Å². The minimum absolute atomic E-state index is 0.00278. The number of morpholine rings is 1. The summed E-state index contributed by atoms with van der Waals surface area (Å²) in [5.74, 6) is -1.31. The minimum atomic E-state index is -1.36. The third-order valence-electron chi connectivity index (χ3n) is 2.87. The Kier molecular flexibility index (Phi) is 3.41. The number of carbonyl (C=O) groups is 2. The number of aliphatic carboxylic acids is 1. The van der Waals surface area contributed by atoms with Gasteiger partial charge in [0.05, 0.1) is 6.54 Å². The number of benzene rings is 1. The van der Waals surface area contributed by atoms with E-state index in [1.54, 1.807) is 24.3 Å². The van der Waals surface area contributed by atoms with Gasteiger partial charge in [0.1, 0.15) is 6.61 Å². The largest absolute Gasteiger partial charge is 0.479 e. The summed E-state index contributed by atoms with van der Waals surface area (Å²) in [7, 11) is 0. The standard InChI is InChI=1S/C12H12BrNO4/c1-12(11(16)17)7-14(10(15)6-18-12)9-4-2-8(13)3-5-9/h2-5H,6-7H2,1H3,(H,16,17). The Balaban J connectivity index is 2.28. The average molecular weight is 314 g/mol. The molecule has 0 saturated carbocycles. The molecule has 1 atom stereocenters. The highest BCUT2D eigenvalue weighted by molar-refractivity contribution is 9.10. The highest BCUT2D eigenvalue weighted by Gasteiger charge is 2.42. The summed E-state index contributed by atoms with van der Waals surface area (Å²) in [5.41, 5.74) is -0.694. The van der Waals surface area contributed by atoms with Gasteiger partial charge in [-0.25, -0.2) is 4.79 Å². The van der Waals surface area contributed by atoms with E-state index in [-0.39, 0.29) is 19.1 Å². The van der Waals surface area contributed by atoms with Gasteiger partial charge >= 0.3 is 5.97 Å². The van der Waals surface area contributed by atoms with Crippen LogP contribution in [0, 0.1) is 0 Å². The summed E-state index contributed by atoms with van der Waals surface area (Å²) in [4.78, 5) is 24.4. The van der Waals surface area contributed by atoms with Gasteiger partial charge < -0.3 is 14.7 Å². The van der Waals surface area contributed by atoms with Gasteiger partial charge in [-0.2, -0.15) is 0 Å². The topological polar surface area (TPSA) is 66.8 Å². The van der Waals surface area contributed by atoms with Crippen molar-refractivity contribution in [1.29, 1.82) is 0 Å². The van der Waals surface area contributed by atoms with Crippen LogP contribution in [-0.4, -0.2) is 35.7 Å². The predicted molar refractivity (Wildman–Crippen MR) is 68.5 cm³/mol. The molecule has 1 aromatic carbocycles. The zero-order valence-corrected chi connectivity index (χ0v) is 11.3. The first-order valence-electron chi connectivity index (χ1n) is 5.36. The number of amides is 1. The van der Waals surface area contributed by atoms with Crippen LogP contribution in [0.1, 0.15) is 6.92 Å². The quantitative estimate of drug-likeness (QED) is 0.901. The molecule has 0 spiro atoms. The van der Waals surface area contributed by atoms with E-state index in [1.165, 1.54) is 11.8 Å². The lowest BCUT2D eigenvalue weighted by Gasteiger charge is -2.37. The first-order valence-corrected chi connectivity index (χ1v) is 6.15. The second-order valence-electron chi connectivity index (χ2n) is 4.28. The van der Waals surface area contributed by atoms with Crippen LogP contribution in [-0.2, 0) is 14.3 Å². The zero-order valence-electron chi connectivity index (χ0n) is 9.72. The van der Waals surface area contributed by atoms with Crippen molar-refractivity contribution in [3.05, 3.63) is 28.7 Å². The number of hydrogen-bond acceptors (Lipinski definition) is 3. The Bertz CT molecular complexity index is 487. The smallest absolute Gasteiger partial charge is 0.337 e. The number of carboxylic acid groups (broad SMARTS) is 1. The molecule has 0 aliphatic carbocycles. The highest BCUT2D eigenvalue weighted by Crippen LogP contribution is 2.25. The molecule has 1 aliphatic heterocycles. The maximum atomic E-state index is 11.8. The van der Waals surface area contributed by atoms with Crippen LogP contribution in [0.5, 0.6) is 0 Å². The Morgan fingerprint density at radius 1 is 1.44 bits per heavy atom.